The van der Waals surface area contributed by atoms with Crippen molar-refractivity contribution in [2.75, 3.05) is 10.2 Å². The molecule has 17 heavy (non-hydrogen) atoms. The van der Waals surface area contributed by atoms with Crippen LogP contribution in [-0.4, -0.2) is 30.5 Å². The Balaban J connectivity index is 3.26. The molecule has 0 saturated heterocycles. The van der Waals surface area contributed by atoms with Crippen LogP contribution < -0.4 is 4.47 Å². The van der Waals surface area contributed by atoms with Crippen molar-refractivity contribution in [2.24, 2.45) is 0 Å². The van der Waals surface area contributed by atoms with E-state index in [1.807, 2.05) is 0 Å². The van der Waals surface area contributed by atoms with Gasteiger partial charge in [0.1, 0.15) is 0 Å². The summed E-state index contributed by atoms with van der Waals surface area (Å²) in [6.07, 6.45) is 1.10. The van der Waals surface area contributed by atoms with Gasteiger partial charge in [-0.25, -0.2) is 13.2 Å². The highest BCUT2D eigenvalue weighted by molar-refractivity contribution is 7.92. The zero-order chi connectivity index (χ0) is 13.1. The third kappa shape index (κ3) is 2.83. The minimum atomic E-state index is -4.01. The third-order valence-electron chi connectivity index (χ3n) is 1.93. The normalized spacial score (nSPS) is 10.9. The summed E-state index contributed by atoms with van der Waals surface area (Å²) in [4.78, 5) is 10.9. The summed E-state index contributed by atoms with van der Waals surface area (Å²) >= 11 is 0. The first-order valence-corrected chi connectivity index (χ1v) is 6.16. The molecule has 0 aliphatic heterocycles. The predicted octanol–water partition coefficient (Wildman–Crippen LogP) is 1.10. The maximum atomic E-state index is 11.5. The van der Waals surface area contributed by atoms with E-state index in [-0.39, 0.29) is 15.7 Å². The molecule has 2 N–H and O–H groups in total. The van der Waals surface area contributed by atoms with Crippen molar-refractivity contribution in [1.82, 2.24) is 0 Å². The van der Waals surface area contributed by atoms with E-state index in [0.29, 0.717) is 0 Å². The van der Waals surface area contributed by atoms with Gasteiger partial charge in [0.25, 0.3) is 10.0 Å². The second kappa shape index (κ2) is 4.98. The summed E-state index contributed by atoms with van der Waals surface area (Å²) in [5.74, 6) is -1.81. The summed E-state index contributed by atoms with van der Waals surface area (Å²) in [6, 6.07) is 5.25. The van der Waals surface area contributed by atoms with E-state index < -0.39 is 21.7 Å². The van der Waals surface area contributed by atoms with Crippen molar-refractivity contribution in [1.29, 1.82) is 0 Å². The molecule has 0 amide bonds. The molecule has 0 saturated carbocycles. The van der Waals surface area contributed by atoms with E-state index in [2.05, 4.69) is 6.58 Å². The van der Waals surface area contributed by atoms with Crippen LogP contribution in [0, 0.1) is 0 Å². The Labute approximate surface area is 98.4 Å². The van der Waals surface area contributed by atoms with Crippen LogP contribution in [0.5, 0.6) is 0 Å². The van der Waals surface area contributed by atoms with Gasteiger partial charge in [0, 0.05) is 0 Å². The van der Waals surface area contributed by atoms with Crippen LogP contribution in [-0.2, 0) is 10.0 Å². The van der Waals surface area contributed by atoms with Gasteiger partial charge in [-0.3, -0.25) is 5.21 Å². The molecule has 0 aliphatic rings. The molecule has 0 heterocycles. The van der Waals surface area contributed by atoms with Gasteiger partial charge in [-0.2, -0.15) is 0 Å². The lowest BCUT2D eigenvalue weighted by atomic mass is 10.2. The molecule has 0 spiro atoms. The quantitative estimate of drug-likeness (QED) is 0.608. The van der Waals surface area contributed by atoms with E-state index in [1.54, 1.807) is 0 Å². The lowest BCUT2D eigenvalue weighted by molar-refractivity contribution is 0.0696. The van der Waals surface area contributed by atoms with Gasteiger partial charge in [0.05, 0.1) is 17.0 Å². The summed E-state index contributed by atoms with van der Waals surface area (Å²) in [6.45, 7) is 3.25. The van der Waals surface area contributed by atoms with Crippen LogP contribution in [0.15, 0.2) is 36.9 Å². The highest BCUT2D eigenvalue weighted by atomic mass is 32.2. The van der Waals surface area contributed by atoms with Crippen molar-refractivity contribution in [3.63, 3.8) is 0 Å². The first-order chi connectivity index (χ1) is 7.90. The molecule has 0 fully saturated rings. The standard InChI is InChI=1S/C10H11NO5S/c1-2-7-17(15,16)11(14)9-6-4-3-5-8(9)10(12)13/h2-6,14H,1,7H2,(H,12,13). The molecule has 0 unspecified atom stereocenters. The molecular weight excluding hydrogens is 246 g/mol. The molecule has 0 atom stereocenters. The highest BCUT2D eigenvalue weighted by Gasteiger charge is 2.23. The third-order valence-corrected chi connectivity index (χ3v) is 3.31. The molecular formula is C10H11NO5S. The number of nitrogens with zero attached hydrogens (tertiary/aromatic N) is 1. The van der Waals surface area contributed by atoms with Crippen LogP contribution in [0.25, 0.3) is 0 Å². The Bertz CT molecular complexity index is 537. The second-order valence-electron chi connectivity index (χ2n) is 3.13. The monoisotopic (exact) mass is 257 g/mol. The lowest BCUT2D eigenvalue weighted by Gasteiger charge is -2.17. The minimum absolute atomic E-state index is 0.0435. The molecule has 0 bridgehead atoms. The van der Waals surface area contributed by atoms with Gasteiger partial charge < -0.3 is 5.11 Å². The summed E-state index contributed by atoms with van der Waals surface area (Å²) in [5.41, 5.74) is -0.607. The molecule has 92 valence electrons. The van der Waals surface area contributed by atoms with Crippen LogP contribution in [0.3, 0.4) is 0 Å². The van der Waals surface area contributed by atoms with Crippen molar-refractivity contribution >= 4 is 21.7 Å². The number of hydrogen-bond acceptors (Lipinski definition) is 4. The Hall–Kier alpha value is -1.86. The number of hydrogen-bond donors (Lipinski definition) is 2. The summed E-state index contributed by atoms with van der Waals surface area (Å²) < 4.78 is 23.0. The van der Waals surface area contributed by atoms with Crippen molar-refractivity contribution in [3.05, 3.63) is 42.5 Å². The van der Waals surface area contributed by atoms with Crippen LogP contribution >= 0.6 is 0 Å². The molecule has 1 rings (SSSR count). The maximum Gasteiger partial charge on any atom is 0.337 e. The summed E-state index contributed by atoms with van der Waals surface area (Å²) in [5, 5.41) is 18.4. The van der Waals surface area contributed by atoms with Gasteiger partial charge in [0.15, 0.2) is 0 Å². The van der Waals surface area contributed by atoms with Gasteiger partial charge in [-0.15, -0.1) is 11.0 Å². The van der Waals surface area contributed by atoms with E-state index in [4.69, 9.17) is 5.11 Å². The average Bonchev–Trinajstić information content (AvgIpc) is 2.28. The van der Waals surface area contributed by atoms with Gasteiger partial charge in [-0.05, 0) is 12.1 Å². The highest BCUT2D eigenvalue weighted by Crippen LogP contribution is 2.21. The lowest BCUT2D eigenvalue weighted by Crippen LogP contribution is -2.30. The zero-order valence-electron chi connectivity index (χ0n) is 8.78. The fraction of sp³-hybridized carbons (Fsp3) is 0.100. The van der Waals surface area contributed by atoms with Gasteiger partial charge in [0.2, 0.25) is 0 Å². The first-order valence-electron chi connectivity index (χ1n) is 4.55. The molecule has 0 radical (unpaired) electrons. The molecule has 1 aromatic rings. The Morgan fingerprint density at radius 1 is 1.41 bits per heavy atom. The number of carboxylic acid groups (broad SMARTS) is 1. The van der Waals surface area contributed by atoms with E-state index in [1.165, 1.54) is 24.3 Å². The minimum Gasteiger partial charge on any atom is -0.478 e. The average molecular weight is 257 g/mol. The number of carboxylic acids is 1. The Kier molecular flexibility index (Phi) is 3.87. The van der Waals surface area contributed by atoms with Gasteiger partial charge in [-0.1, -0.05) is 18.2 Å². The fourth-order valence-electron chi connectivity index (χ4n) is 1.19. The van der Waals surface area contributed by atoms with E-state index in [0.717, 1.165) is 6.08 Å². The molecule has 0 aliphatic carbocycles. The number of anilines is 1. The number of benzene rings is 1. The van der Waals surface area contributed by atoms with Gasteiger partial charge >= 0.3 is 5.97 Å². The number of rotatable bonds is 5. The topological polar surface area (TPSA) is 94.9 Å². The maximum absolute atomic E-state index is 11.5. The second-order valence-corrected chi connectivity index (χ2v) is 4.98. The number of sulfonamides is 1. The smallest absolute Gasteiger partial charge is 0.337 e. The van der Waals surface area contributed by atoms with E-state index in [9.17, 15) is 18.4 Å². The van der Waals surface area contributed by atoms with Crippen LogP contribution in [0.2, 0.25) is 0 Å². The number of aromatic carboxylic acids is 1. The molecule has 6 nitrogen and oxygen atoms in total. The Morgan fingerprint density at radius 3 is 2.53 bits per heavy atom. The first kappa shape index (κ1) is 13.2. The summed E-state index contributed by atoms with van der Waals surface area (Å²) in [7, 11) is -4.01. The largest absolute Gasteiger partial charge is 0.478 e. The number of para-hydroxylation sites is 1. The Morgan fingerprint density at radius 2 is 2.00 bits per heavy atom. The molecule has 1 aromatic carbocycles. The fourth-order valence-corrected chi connectivity index (χ4v) is 2.09. The van der Waals surface area contributed by atoms with Crippen LogP contribution in [0.1, 0.15) is 10.4 Å². The molecule has 0 aromatic heterocycles. The zero-order valence-corrected chi connectivity index (χ0v) is 9.59. The van der Waals surface area contributed by atoms with Crippen LogP contribution in [0.4, 0.5) is 5.69 Å². The molecule has 7 heteroatoms. The van der Waals surface area contributed by atoms with Crippen molar-refractivity contribution < 1.29 is 23.5 Å². The number of carbonyl (C=O) groups is 1. The van der Waals surface area contributed by atoms with Crippen molar-refractivity contribution in [3.8, 4) is 0 Å². The SMILES string of the molecule is C=CCS(=O)(=O)N(O)c1ccccc1C(=O)O. The predicted molar refractivity (Wildman–Crippen MR) is 61.7 cm³/mol. The van der Waals surface area contributed by atoms with E-state index >= 15 is 0 Å². The van der Waals surface area contributed by atoms with Crippen molar-refractivity contribution in [2.45, 2.75) is 0 Å².